The molecule has 0 aliphatic rings. The monoisotopic (exact) mass is 354 g/mol. The van der Waals surface area contributed by atoms with Crippen LogP contribution < -0.4 is 10.9 Å². The van der Waals surface area contributed by atoms with E-state index in [2.05, 4.69) is 0 Å². The lowest BCUT2D eigenvalue weighted by atomic mass is 10.1. The fraction of sp³-hybridized carbons (Fsp3) is 0.250. The van der Waals surface area contributed by atoms with Crippen molar-refractivity contribution in [2.45, 2.75) is 20.1 Å². The van der Waals surface area contributed by atoms with Crippen LogP contribution in [-0.4, -0.2) is 25.3 Å². The predicted molar refractivity (Wildman–Crippen MR) is 97.6 cm³/mol. The molecule has 26 heavy (non-hydrogen) atoms. The third kappa shape index (κ3) is 3.29. The molecule has 6 heteroatoms. The van der Waals surface area contributed by atoms with E-state index in [-0.39, 0.29) is 21.9 Å². The van der Waals surface area contributed by atoms with Crippen LogP contribution in [0.15, 0.2) is 56.5 Å². The third-order valence-corrected chi connectivity index (χ3v) is 3.92. The maximum Gasteiger partial charge on any atom is 0.237 e. The van der Waals surface area contributed by atoms with E-state index in [0.717, 1.165) is 0 Å². The maximum atomic E-state index is 12.6. The number of ether oxygens (including phenoxy) is 2. The van der Waals surface area contributed by atoms with Gasteiger partial charge in [0.05, 0.1) is 10.8 Å². The lowest BCUT2D eigenvalue weighted by molar-refractivity contribution is -0.107. The normalized spacial score (nSPS) is 11.3. The smallest absolute Gasteiger partial charge is 0.237 e. The molecule has 0 spiro atoms. The molecule has 0 aliphatic carbocycles. The number of benzene rings is 2. The van der Waals surface area contributed by atoms with Gasteiger partial charge in [0.25, 0.3) is 0 Å². The Morgan fingerprint density at radius 1 is 0.923 bits per heavy atom. The minimum atomic E-state index is -1.06. The standard InChI is InChI=1S/C20H18O6/c1-3-24-20(25-4-2)17(21)12-9-10-16-14(11-12)19(23)18(22)13-7-5-6-8-15(13)26-16/h5-11,20H,3-4H2,1-2H3. The van der Waals surface area contributed by atoms with Gasteiger partial charge in [0.2, 0.25) is 22.9 Å². The molecule has 3 aromatic rings. The topological polar surface area (TPSA) is 82.8 Å². The minimum Gasteiger partial charge on any atom is -0.456 e. The van der Waals surface area contributed by atoms with E-state index in [0.29, 0.717) is 18.8 Å². The van der Waals surface area contributed by atoms with Crippen molar-refractivity contribution in [1.29, 1.82) is 0 Å². The molecular formula is C20H18O6. The van der Waals surface area contributed by atoms with Crippen LogP contribution in [0.25, 0.3) is 21.9 Å². The lowest BCUT2D eigenvalue weighted by Crippen LogP contribution is -2.28. The fourth-order valence-electron chi connectivity index (χ4n) is 2.69. The van der Waals surface area contributed by atoms with Crippen molar-refractivity contribution in [3.05, 3.63) is 68.5 Å². The van der Waals surface area contributed by atoms with Gasteiger partial charge in [0, 0.05) is 18.8 Å². The molecule has 0 radical (unpaired) electrons. The maximum absolute atomic E-state index is 12.6. The zero-order valence-electron chi connectivity index (χ0n) is 14.5. The number of carbonyl (C=O) groups excluding carboxylic acids is 1. The Kier molecular flexibility index (Phi) is 5.25. The first-order valence-corrected chi connectivity index (χ1v) is 8.34. The summed E-state index contributed by atoms with van der Waals surface area (Å²) in [6.07, 6.45) is -1.06. The van der Waals surface area contributed by atoms with Gasteiger partial charge in [-0.15, -0.1) is 0 Å². The molecule has 2 aromatic carbocycles. The summed E-state index contributed by atoms with van der Waals surface area (Å²) >= 11 is 0. The van der Waals surface area contributed by atoms with E-state index in [1.165, 1.54) is 24.3 Å². The number of Topliss-reactive ketones (excluding diaryl/α,β-unsaturated/α-hetero) is 1. The highest BCUT2D eigenvalue weighted by atomic mass is 16.7. The molecule has 0 aliphatic heterocycles. The van der Waals surface area contributed by atoms with Crippen LogP contribution in [-0.2, 0) is 9.47 Å². The SMILES string of the molecule is CCOC(OCC)C(=O)c1ccc2oc3ccccc3c(=O)c(=O)c2c1. The van der Waals surface area contributed by atoms with Crippen LogP contribution in [0.2, 0.25) is 0 Å². The highest BCUT2D eigenvalue weighted by molar-refractivity contribution is 6.01. The van der Waals surface area contributed by atoms with E-state index >= 15 is 0 Å². The van der Waals surface area contributed by atoms with E-state index in [1.807, 2.05) is 0 Å². The molecule has 0 bridgehead atoms. The van der Waals surface area contributed by atoms with Gasteiger partial charge in [-0.2, -0.15) is 0 Å². The second-order valence-corrected chi connectivity index (χ2v) is 5.57. The number of fused-ring (bicyclic) bond motifs is 2. The molecular weight excluding hydrogens is 336 g/mol. The summed E-state index contributed by atoms with van der Waals surface area (Å²) in [5.41, 5.74) is -0.634. The summed E-state index contributed by atoms with van der Waals surface area (Å²) in [4.78, 5) is 37.7. The number of hydrogen-bond donors (Lipinski definition) is 0. The quantitative estimate of drug-likeness (QED) is 0.384. The van der Waals surface area contributed by atoms with Crippen LogP contribution in [0.1, 0.15) is 24.2 Å². The van der Waals surface area contributed by atoms with Crippen LogP contribution in [0, 0.1) is 0 Å². The summed E-state index contributed by atoms with van der Waals surface area (Å²) in [6.45, 7) is 4.11. The summed E-state index contributed by atoms with van der Waals surface area (Å²) in [6, 6.07) is 10.9. The second kappa shape index (κ2) is 7.59. The highest BCUT2D eigenvalue weighted by Crippen LogP contribution is 2.18. The molecule has 134 valence electrons. The Labute approximate surface area is 149 Å². The largest absolute Gasteiger partial charge is 0.456 e. The Balaban J connectivity index is 2.22. The van der Waals surface area contributed by atoms with Crippen LogP contribution >= 0.6 is 0 Å². The van der Waals surface area contributed by atoms with Gasteiger partial charge in [-0.05, 0) is 44.2 Å². The van der Waals surface area contributed by atoms with Crippen LogP contribution in [0.3, 0.4) is 0 Å². The number of para-hydroxylation sites is 1. The Morgan fingerprint density at radius 2 is 1.54 bits per heavy atom. The first-order chi connectivity index (χ1) is 12.6. The molecule has 0 unspecified atom stereocenters. The first-order valence-electron chi connectivity index (χ1n) is 8.34. The Hall–Kier alpha value is -2.83. The summed E-state index contributed by atoms with van der Waals surface area (Å²) < 4.78 is 16.3. The van der Waals surface area contributed by atoms with Crippen molar-refractivity contribution in [2.24, 2.45) is 0 Å². The molecule has 0 saturated heterocycles. The van der Waals surface area contributed by atoms with Crippen molar-refractivity contribution in [1.82, 2.24) is 0 Å². The Morgan fingerprint density at radius 3 is 2.23 bits per heavy atom. The number of ketones is 1. The van der Waals surface area contributed by atoms with E-state index in [1.54, 1.807) is 32.0 Å². The van der Waals surface area contributed by atoms with Gasteiger partial charge in [0.15, 0.2) is 0 Å². The van der Waals surface area contributed by atoms with Crippen LogP contribution in [0.5, 0.6) is 0 Å². The molecule has 3 rings (SSSR count). The molecule has 1 heterocycles. The first kappa shape index (κ1) is 18.0. The van der Waals surface area contributed by atoms with Crippen molar-refractivity contribution in [2.75, 3.05) is 13.2 Å². The molecule has 0 amide bonds. The van der Waals surface area contributed by atoms with Crippen LogP contribution in [0.4, 0.5) is 0 Å². The summed E-state index contributed by atoms with van der Waals surface area (Å²) in [7, 11) is 0. The van der Waals surface area contributed by atoms with Gasteiger partial charge >= 0.3 is 0 Å². The van der Waals surface area contributed by atoms with Crippen molar-refractivity contribution >= 4 is 27.7 Å². The molecule has 0 fully saturated rings. The van der Waals surface area contributed by atoms with Gasteiger partial charge < -0.3 is 13.9 Å². The molecule has 1 aromatic heterocycles. The predicted octanol–water partition coefficient (Wildman–Crippen LogP) is 2.89. The minimum absolute atomic E-state index is 0.0452. The number of carbonyl (C=O) groups is 1. The van der Waals surface area contributed by atoms with E-state index < -0.39 is 22.9 Å². The number of hydrogen-bond acceptors (Lipinski definition) is 6. The fourth-order valence-corrected chi connectivity index (χ4v) is 2.69. The molecule has 6 nitrogen and oxygen atoms in total. The average molecular weight is 354 g/mol. The third-order valence-electron chi connectivity index (χ3n) is 3.92. The Bertz CT molecular complexity index is 1080. The molecule has 0 saturated carbocycles. The lowest BCUT2D eigenvalue weighted by Gasteiger charge is -2.15. The zero-order valence-corrected chi connectivity index (χ0v) is 14.5. The zero-order chi connectivity index (χ0) is 18.7. The summed E-state index contributed by atoms with van der Waals surface area (Å²) in [5, 5.41) is 0.242. The van der Waals surface area contributed by atoms with Gasteiger partial charge in [-0.3, -0.25) is 14.4 Å². The van der Waals surface area contributed by atoms with Crippen molar-refractivity contribution in [3.8, 4) is 0 Å². The highest BCUT2D eigenvalue weighted by Gasteiger charge is 2.21. The van der Waals surface area contributed by atoms with Gasteiger partial charge in [0.1, 0.15) is 11.2 Å². The van der Waals surface area contributed by atoms with Gasteiger partial charge in [-0.25, -0.2) is 0 Å². The molecule has 0 atom stereocenters. The van der Waals surface area contributed by atoms with E-state index in [9.17, 15) is 14.4 Å². The number of rotatable bonds is 6. The van der Waals surface area contributed by atoms with Gasteiger partial charge in [-0.1, -0.05) is 12.1 Å². The second-order valence-electron chi connectivity index (χ2n) is 5.57. The van der Waals surface area contributed by atoms with Crippen molar-refractivity contribution in [3.63, 3.8) is 0 Å². The average Bonchev–Trinajstić information content (AvgIpc) is 2.76. The summed E-state index contributed by atoms with van der Waals surface area (Å²) in [5.74, 6) is -0.418. The van der Waals surface area contributed by atoms with E-state index in [4.69, 9.17) is 13.9 Å². The molecule has 0 N–H and O–H groups in total. The van der Waals surface area contributed by atoms with Crippen molar-refractivity contribution < 1.29 is 18.7 Å².